The van der Waals surface area contributed by atoms with Crippen molar-refractivity contribution in [1.29, 1.82) is 0 Å². The number of anilines is 1. The molecule has 106 valence electrons. The van der Waals surface area contributed by atoms with Crippen molar-refractivity contribution in [3.63, 3.8) is 0 Å². The van der Waals surface area contributed by atoms with Gasteiger partial charge >= 0.3 is 5.97 Å². The highest BCUT2D eigenvalue weighted by atomic mass is 16.4. The number of aromatic carboxylic acids is 1. The number of carboxylic acid groups (broad SMARTS) is 1. The molecule has 2 rings (SSSR count). The minimum absolute atomic E-state index is 0.299. The van der Waals surface area contributed by atoms with Gasteiger partial charge in [0.25, 0.3) is 0 Å². The van der Waals surface area contributed by atoms with E-state index in [0.717, 1.165) is 12.8 Å². The van der Waals surface area contributed by atoms with Crippen LogP contribution in [0.2, 0.25) is 0 Å². The lowest BCUT2D eigenvalue weighted by Gasteiger charge is -2.32. The topological polar surface area (TPSA) is 67.2 Å². The van der Waals surface area contributed by atoms with Crippen molar-refractivity contribution < 1.29 is 9.90 Å². The largest absolute Gasteiger partial charge is 0.477 e. The Morgan fingerprint density at radius 3 is 2.42 bits per heavy atom. The molecule has 0 amide bonds. The molecule has 1 aliphatic rings. The van der Waals surface area contributed by atoms with Gasteiger partial charge in [0, 0.05) is 13.1 Å². The Bertz CT molecular complexity index is 471. The molecule has 0 spiro atoms. The van der Waals surface area contributed by atoms with Crippen molar-refractivity contribution in [2.24, 2.45) is 18.9 Å². The monoisotopic (exact) mass is 265 g/mol. The van der Waals surface area contributed by atoms with Crippen LogP contribution in [0.4, 0.5) is 5.82 Å². The van der Waals surface area contributed by atoms with Gasteiger partial charge in [-0.15, -0.1) is 0 Å². The van der Waals surface area contributed by atoms with Gasteiger partial charge in [-0.1, -0.05) is 13.8 Å². The fourth-order valence-electron chi connectivity index (χ4n) is 3.34. The maximum atomic E-state index is 11.3. The minimum atomic E-state index is -0.912. The Morgan fingerprint density at radius 1 is 1.32 bits per heavy atom. The zero-order chi connectivity index (χ0) is 14.2. The molecule has 1 aromatic heterocycles. The van der Waals surface area contributed by atoms with Crippen LogP contribution in [0.3, 0.4) is 0 Å². The van der Waals surface area contributed by atoms with Gasteiger partial charge in [-0.3, -0.25) is 4.68 Å². The van der Waals surface area contributed by atoms with Gasteiger partial charge in [0.1, 0.15) is 11.4 Å². The highest BCUT2D eigenvalue weighted by molar-refractivity contribution is 5.94. The second-order valence-corrected chi connectivity index (χ2v) is 6.00. The molecule has 0 bridgehead atoms. The standard InChI is InChI=1S/C14H23N3O2/c1-8-5-9(2)7-11(6-8)15-13-12(14(18)19)10(3)16-17(13)4/h8-9,11,15H,5-7H2,1-4H3,(H,18,19). The van der Waals surface area contributed by atoms with E-state index >= 15 is 0 Å². The summed E-state index contributed by atoms with van der Waals surface area (Å²) in [5.74, 6) is 1.09. The van der Waals surface area contributed by atoms with Crippen LogP contribution in [0.25, 0.3) is 0 Å². The Balaban J connectivity index is 2.21. The summed E-state index contributed by atoms with van der Waals surface area (Å²) in [6, 6.07) is 0.339. The lowest BCUT2D eigenvalue weighted by molar-refractivity contribution is 0.0697. The maximum Gasteiger partial charge on any atom is 0.341 e. The molecule has 0 saturated heterocycles. The van der Waals surface area contributed by atoms with Crippen LogP contribution in [-0.2, 0) is 7.05 Å². The number of carboxylic acids is 1. The van der Waals surface area contributed by atoms with E-state index in [2.05, 4.69) is 24.3 Å². The normalized spacial score (nSPS) is 27.3. The van der Waals surface area contributed by atoms with E-state index in [1.807, 2.05) is 0 Å². The SMILES string of the molecule is Cc1nn(C)c(NC2CC(C)CC(C)C2)c1C(=O)O. The van der Waals surface area contributed by atoms with Gasteiger partial charge in [0.15, 0.2) is 0 Å². The van der Waals surface area contributed by atoms with Crippen LogP contribution >= 0.6 is 0 Å². The molecule has 2 atom stereocenters. The van der Waals surface area contributed by atoms with E-state index < -0.39 is 5.97 Å². The van der Waals surface area contributed by atoms with Crippen molar-refractivity contribution in [1.82, 2.24) is 9.78 Å². The molecular formula is C14H23N3O2. The second kappa shape index (κ2) is 5.23. The van der Waals surface area contributed by atoms with E-state index in [4.69, 9.17) is 0 Å². The van der Waals surface area contributed by atoms with Gasteiger partial charge in [-0.25, -0.2) is 4.79 Å². The first-order chi connectivity index (χ1) is 8.88. The fourth-order valence-corrected chi connectivity index (χ4v) is 3.34. The molecular weight excluding hydrogens is 242 g/mol. The van der Waals surface area contributed by atoms with E-state index in [-0.39, 0.29) is 0 Å². The van der Waals surface area contributed by atoms with E-state index in [1.165, 1.54) is 6.42 Å². The van der Waals surface area contributed by atoms with Crippen LogP contribution in [0.5, 0.6) is 0 Å². The highest BCUT2D eigenvalue weighted by Crippen LogP contribution is 2.31. The third-order valence-electron chi connectivity index (χ3n) is 3.96. The maximum absolute atomic E-state index is 11.3. The van der Waals surface area contributed by atoms with Gasteiger partial charge in [-0.05, 0) is 38.0 Å². The van der Waals surface area contributed by atoms with Gasteiger partial charge in [0.2, 0.25) is 0 Å². The zero-order valence-corrected chi connectivity index (χ0v) is 12.1. The molecule has 5 heteroatoms. The van der Waals surface area contributed by atoms with Crippen LogP contribution in [0.1, 0.15) is 49.2 Å². The summed E-state index contributed by atoms with van der Waals surface area (Å²) in [5.41, 5.74) is 0.864. The predicted molar refractivity (Wildman–Crippen MR) is 74.5 cm³/mol. The van der Waals surface area contributed by atoms with E-state index in [0.29, 0.717) is 35.0 Å². The summed E-state index contributed by atoms with van der Waals surface area (Å²) in [6.45, 7) is 6.26. The van der Waals surface area contributed by atoms with E-state index in [1.54, 1.807) is 18.7 Å². The number of hydrogen-bond acceptors (Lipinski definition) is 3. The van der Waals surface area contributed by atoms with Gasteiger partial charge in [0.05, 0.1) is 5.69 Å². The molecule has 1 heterocycles. The molecule has 5 nitrogen and oxygen atoms in total. The number of hydrogen-bond donors (Lipinski definition) is 2. The quantitative estimate of drug-likeness (QED) is 0.881. The Kier molecular flexibility index (Phi) is 3.83. The molecule has 2 unspecified atom stereocenters. The van der Waals surface area contributed by atoms with Crippen molar-refractivity contribution >= 4 is 11.8 Å². The first kappa shape index (κ1) is 13.9. The van der Waals surface area contributed by atoms with Crippen molar-refractivity contribution in [2.75, 3.05) is 5.32 Å². The lowest BCUT2D eigenvalue weighted by atomic mass is 9.80. The Hall–Kier alpha value is -1.52. The summed E-state index contributed by atoms with van der Waals surface area (Å²) in [6.07, 6.45) is 3.44. The molecule has 1 fully saturated rings. The predicted octanol–water partition coefficient (Wildman–Crippen LogP) is 2.66. The summed E-state index contributed by atoms with van der Waals surface area (Å²) in [5, 5.41) is 16.9. The van der Waals surface area contributed by atoms with E-state index in [9.17, 15) is 9.90 Å². The van der Waals surface area contributed by atoms with Crippen molar-refractivity contribution in [3.8, 4) is 0 Å². The molecule has 0 aromatic carbocycles. The first-order valence-corrected chi connectivity index (χ1v) is 6.92. The zero-order valence-electron chi connectivity index (χ0n) is 12.1. The smallest absolute Gasteiger partial charge is 0.341 e. The van der Waals surface area contributed by atoms with Crippen LogP contribution < -0.4 is 5.32 Å². The molecule has 0 radical (unpaired) electrons. The number of nitrogens with one attached hydrogen (secondary N) is 1. The van der Waals surface area contributed by atoms with Crippen molar-refractivity contribution in [3.05, 3.63) is 11.3 Å². The van der Waals surface area contributed by atoms with Crippen LogP contribution in [0.15, 0.2) is 0 Å². The molecule has 1 aliphatic carbocycles. The first-order valence-electron chi connectivity index (χ1n) is 6.92. The van der Waals surface area contributed by atoms with Crippen LogP contribution in [-0.4, -0.2) is 26.9 Å². The average Bonchev–Trinajstić information content (AvgIpc) is 2.52. The third kappa shape index (κ3) is 2.91. The summed E-state index contributed by atoms with van der Waals surface area (Å²) >= 11 is 0. The number of nitrogens with zero attached hydrogens (tertiary/aromatic N) is 2. The molecule has 0 aliphatic heterocycles. The number of rotatable bonds is 3. The summed E-state index contributed by atoms with van der Waals surface area (Å²) in [7, 11) is 1.79. The summed E-state index contributed by atoms with van der Waals surface area (Å²) in [4.78, 5) is 11.3. The van der Waals surface area contributed by atoms with Crippen molar-refractivity contribution in [2.45, 2.75) is 46.1 Å². The highest BCUT2D eigenvalue weighted by Gasteiger charge is 2.27. The minimum Gasteiger partial charge on any atom is -0.477 e. The Labute approximate surface area is 114 Å². The lowest BCUT2D eigenvalue weighted by Crippen LogP contribution is -2.31. The number of aryl methyl sites for hydroxylation is 2. The average molecular weight is 265 g/mol. The van der Waals surface area contributed by atoms with Crippen LogP contribution in [0, 0.1) is 18.8 Å². The number of carbonyl (C=O) groups is 1. The molecule has 2 N–H and O–H groups in total. The number of aromatic nitrogens is 2. The second-order valence-electron chi connectivity index (χ2n) is 6.00. The molecule has 1 saturated carbocycles. The summed E-state index contributed by atoms with van der Waals surface area (Å²) < 4.78 is 1.64. The van der Waals surface area contributed by atoms with Gasteiger partial charge < -0.3 is 10.4 Å². The fraction of sp³-hybridized carbons (Fsp3) is 0.714. The molecule has 1 aromatic rings. The molecule has 19 heavy (non-hydrogen) atoms. The van der Waals surface area contributed by atoms with Gasteiger partial charge in [-0.2, -0.15) is 5.10 Å². The Morgan fingerprint density at radius 2 is 1.89 bits per heavy atom. The third-order valence-corrected chi connectivity index (χ3v) is 3.96.